The number of guanidine groups is 1. The second-order valence-corrected chi connectivity index (χ2v) is 6.87. The third kappa shape index (κ3) is 8.73. The van der Waals surface area contributed by atoms with Crippen molar-refractivity contribution in [2.75, 3.05) is 19.6 Å². The van der Waals surface area contributed by atoms with E-state index in [4.69, 9.17) is 4.74 Å². The number of aliphatic imine (C=N–C) groups is 1. The molecule has 166 valence electrons. The molecule has 6 nitrogen and oxygen atoms in total. The van der Waals surface area contributed by atoms with Crippen LogP contribution in [-0.2, 0) is 6.54 Å². The maximum atomic E-state index is 13.7. The van der Waals surface area contributed by atoms with Crippen LogP contribution < -0.4 is 20.9 Å². The van der Waals surface area contributed by atoms with Gasteiger partial charge in [0, 0.05) is 31.4 Å². The fraction of sp³-hybridized carbons (Fsp3) is 0.455. The van der Waals surface area contributed by atoms with Crippen molar-refractivity contribution in [2.45, 2.75) is 46.3 Å². The summed E-state index contributed by atoms with van der Waals surface area (Å²) in [6.45, 7) is 8.40. The zero-order chi connectivity index (χ0) is 21.1. The van der Waals surface area contributed by atoms with Gasteiger partial charge in [0.05, 0.1) is 6.54 Å². The van der Waals surface area contributed by atoms with Gasteiger partial charge in [0.1, 0.15) is 6.10 Å². The zero-order valence-electron chi connectivity index (χ0n) is 17.9. The molecule has 0 aliphatic carbocycles. The van der Waals surface area contributed by atoms with Gasteiger partial charge in [0.15, 0.2) is 17.5 Å². The van der Waals surface area contributed by atoms with Crippen molar-refractivity contribution in [2.24, 2.45) is 4.99 Å². The molecule has 2 N–H and O–H groups in total. The molecule has 0 saturated carbocycles. The average molecular weight is 530 g/mol. The number of aromatic nitrogens is 1. The van der Waals surface area contributed by atoms with E-state index in [2.05, 4.69) is 15.6 Å². The van der Waals surface area contributed by atoms with Gasteiger partial charge in [0.2, 0.25) is 0 Å². The summed E-state index contributed by atoms with van der Waals surface area (Å²) < 4.78 is 21.1. The van der Waals surface area contributed by atoms with Gasteiger partial charge in [-0.25, -0.2) is 9.38 Å². The highest BCUT2D eigenvalue weighted by Crippen LogP contribution is 2.16. The van der Waals surface area contributed by atoms with Crippen LogP contribution in [0.5, 0.6) is 5.75 Å². The van der Waals surface area contributed by atoms with E-state index in [0.29, 0.717) is 19.0 Å². The Hall–Kier alpha value is -2.10. The van der Waals surface area contributed by atoms with Crippen LogP contribution in [0.2, 0.25) is 0 Å². The topological polar surface area (TPSA) is 67.7 Å². The monoisotopic (exact) mass is 530 g/mol. The Morgan fingerprint density at radius 2 is 1.93 bits per heavy atom. The van der Waals surface area contributed by atoms with E-state index in [9.17, 15) is 9.18 Å². The SMILES string of the molecule is CCNC(=NCC(C)Oc1ccccc1F)NCCCCn1c(C)cccc1=O.I. The van der Waals surface area contributed by atoms with Crippen molar-refractivity contribution in [1.29, 1.82) is 0 Å². The molecule has 0 aliphatic rings. The minimum atomic E-state index is -0.374. The molecule has 0 aliphatic heterocycles. The summed E-state index contributed by atoms with van der Waals surface area (Å²) in [7, 11) is 0. The van der Waals surface area contributed by atoms with Crippen LogP contribution in [-0.4, -0.2) is 36.3 Å². The third-order valence-electron chi connectivity index (χ3n) is 4.38. The highest BCUT2D eigenvalue weighted by atomic mass is 127. The van der Waals surface area contributed by atoms with Crippen LogP contribution in [0.25, 0.3) is 0 Å². The summed E-state index contributed by atoms with van der Waals surface area (Å²) >= 11 is 0. The number of rotatable bonds is 10. The van der Waals surface area contributed by atoms with E-state index in [1.165, 1.54) is 6.07 Å². The second-order valence-electron chi connectivity index (χ2n) is 6.87. The maximum Gasteiger partial charge on any atom is 0.250 e. The van der Waals surface area contributed by atoms with Gasteiger partial charge in [-0.05, 0) is 51.8 Å². The van der Waals surface area contributed by atoms with Crippen molar-refractivity contribution in [3.63, 3.8) is 0 Å². The Bertz CT molecular complexity index is 857. The van der Waals surface area contributed by atoms with Crippen LogP contribution in [0, 0.1) is 12.7 Å². The highest BCUT2D eigenvalue weighted by Gasteiger charge is 2.08. The lowest BCUT2D eigenvalue weighted by Crippen LogP contribution is -2.38. The lowest BCUT2D eigenvalue weighted by atomic mass is 10.3. The van der Waals surface area contributed by atoms with Crippen LogP contribution in [0.15, 0.2) is 52.3 Å². The molecule has 1 heterocycles. The molecule has 8 heteroatoms. The number of pyridine rings is 1. The number of aryl methyl sites for hydroxylation is 1. The first kappa shape index (κ1) is 25.9. The zero-order valence-corrected chi connectivity index (χ0v) is 20.2. The summed E-state index contributed by atoms with van der Waals surface area (Å²) in [6, 6.07) is 11.7. The first-order chi connectivity index (χ1) is 14.0. The number of hydrogen-bond acceptors (Lipinski definition) is 3. The maximum absolute atomic E-state index is 13.7. The Balaban J connectivity index is 0.00000450. The van der Waals surface area contributed by atoms with E-state index in [-0.39, 0.29) is 47.2 Å². The third-order valence-corrected chi connectivity index (χ3v) is 4.38. The Kier molecular flexibility index (Phi) is 12.1. The van der Waals surface area contributed by atoms with Crippen LogP contribution >= 0.6 is 24.0 Å². The van der Waals surface area contributed by atoms with Gasteiger partial charge in [-0.2, -0.15) is 0 Å². The molecule has 0 saturated heterocycles. The van der Waals surface area contributed by atoms with Crippen molar-refractivity contribution < 1.29 is 9.13 Å². The molecule has 2 rings (SSSR count). The second kappa shape index (κ2) is 14.0. The number of unbranched alkanes of at least 4 members (excludes halogenated alkanes) is 1. The predicted molar refractivity (Wildman–Crippen MR) is 131 cm³/mol. The van der Waals surface area contributed by atoms with E-state index in [1.54, 1.807) is 34.9 Å². The van der Waals surface area contributed by atoms with E-state index >= 15 is 0 Å². The van der Waals surface area contributed by atoms with Gasteiger partial charge in [-0.15, -0.1) is 24.0 Å². The van der Waals surface area contributed by atoms with Crippen molar-refractivity contribution in [3.8, 4) is 5.75 Å². The molecule has 0 amide bonds. The van der Waals surface area contributed by atoms with Crippen LogP contribution in [0.3, 0.4) is 0 Å². The normalized spacial score (nSPS) is 12.1. The summed E-state index contributed by atoms with van der Waals surface area (Å²) in [5.41, 5.74) is 1.01. The van der Waals surface area contributed by atoms with E-state index in [0.717, 1.165) is 31.6 Å². The van der Waals surface area contributed by atoms with Gasteiger partial charge in [-0.1, -0.05) is 18.2 Å². The molecule has 0 radical (unpaired) electrons. The first-order valence-electron chi connectivity index (χ1n) is 10.1. The summed E-state index contributed by atoms with van der Waals surface area (Å²) in [5.74, 6) is 0.560. The van der Waals surface area contributed by atoms with Gasteiger partial charge >= 0.3 is 0 Å². The number of para-hydroxylation sites is 1. The van der Waals surface area contributed by atoms with Gasteiger partial charge in [0.25, 0.3) is 5.56 Å². The van der Waals surface area contributed by atoms with Gasteiger partial charge < -0.3 is 19.9 Å². The number of hydrogen-bond donors (Lipinski definition) is 2. The number of nitrogens with one attached hydrogen (secondary N) is 2. The summed E-state index contributed by atoms with van der Waals surface area (Å²) in [4.78, 5) is 16.4. The molecule has 2 aromatic rings. The molecule has 1 unspecified atom stereocenters. The van der Waals surface area contributed by atoms with E-state index < -0.39 is 0 Å². The van der Waals surface area contributed by atoms with Crippen LogP contribution in [0.1, 0.15) is 32.4 Å². The molecule has 0 fully saturated rings. The summed E-state index contributed by atoms with van der Waals surface area (Å²) in [6.07, 6.45) is 1.55. The first-order valence-corrected chi connectivity index (χ1v) is 10.1. The Labute approximate surface area is 195 Å². The van der Waals surface area contributed by atoms with Gasteiger partial charge in [-0.3, -0.25) is 4.79 Å². The molecule has 1 atom stereocenters. The summed E-state index contributed by atoms with van der Waals surface area (Å²) in [5, 5.41) is 6.48. The lowest BCUT2D eigenvalue weighted by molar-refractivity contribution is 0.220. The van der Waals surface area contributed by atoms with Crippen molar-refractivity contribution in [1.82, 2.24) is 15.2 Å². The van der Waals surface area contributed by atoms with Crippen molar-refractivity contribution in [3.05, 3.63) is 64.3 Å². The Morgan fingerprint density at radius 3 is 2.63 bits per heavy atom. The minimum absolute atomic E-state index is 0. The minimum Gasteiger partial charge on any atom is -0.486 e. The fourth-order valence-corrected chi connectivity index (χ4v) is 2.87. The number of benzene rings is 1. The predicted octanol–water partition coefficient (Wildman–Crippen LogP) is 3.72. The van der Waals surface area contributed by atoms with E-state index in [1.807, 2.05) is 26.8 Å². The molecular weight excluding hydrogens is 498 g/mol. The van der Waals surface area contributed by atoms with Crippen LogP contribution in [0.4, 0.5) is 4.39 Å². The fourth-order valence-electron chi connectivity index (χ4n) is 2.87. The Morgan fingerprint density at radius 1 is 1.17 bits per heavy atom. The number of ether oxygens (including phenoxy) is 1. The standard InChI is InChI=1S/C22H31FN4O2.HI/c1-4-24-22(26-16-18(3)29-20-12-6-5-11-19(20)23)25-14-7-8-15-27-17(2)10-9-13-21(27)28;/h5-6,9-13,18H,4,7-8,14-16H2,1-3H3,(H2,24,25,26);1H. The quantitative estimate of drug-likeness (QED) is 0.213. The smallest absolute Gasteiger partial charge is 0.250 e. The molecule has 30 heavy (non-hydrogen) atoms. The molecule has 1 aromatic carbocycles. The molecule has 0 bridgehead atoms. The molecule has 1 aromatic heterocycles. The molecule has 0 spiro atoms. The van der Waals surface area contributed by atoms with Crippen molar-refractivity contribution >= 4 is 29.9 Å². The largest absolute Gasteiger partial charge is 0.486 e. The molecular formula is C22H32FIN4O2. The average Bonchev–Trinajstić information content (AvgIpc) is 2.69. The highest BCUT2D eigenvalue weighted by molar-refractivity contribution is 14.0. The number of nitrogens with zero attached hydrogens (tertiary/aromatic N) is 2. The number of halogens is 2. The lowest BCUT2D eigenvalue weighted by Gasteiger charge is -2.15.